The van der Waals surface area contributed by atoms with Crippen LogP contribution in [-0.4, -0.2) is 61.2 Å². The van der Waals surface area contributed by atoms with Crippen LogP contribution in [-0.2, 0) is 14.8 Å². The summed E-state index contributed by atoms with van der Waals surface area (Å²) in [5, 5.41) is 0. The second-order valence-electron chi connectivity index (χ2n) is 5.31. The summed E-state index contributed by atoms with van der Waals surface area (Å²) in [6, 6.07) is 2.36. The van der Waals surface area contributed by atoms with Crippen molar-refractivity contribution in [1.82, 2.24) is 9.21 Å². The van der Waals surface area contributed by atoms with E-state index >= 15 is 0 Å². The Morgan fingerprint density at radius 2 is 1.88 bits per heavy atom. The molecule has 0 bridgehead atoms. The molecule has 24 heavy (non-hydrogen) atoms. The molecule has 1 fully saturated rings. The van der Waals surface area contributed by atoms with Crippen molar-refractivity contribution < 1.29 is 22.0 Å². The summed E-state index contributed by atoms with van der Waals surface area (Å²) in [4.78, 5) is 13.0. The van der Waals surface area contributed by atoms with Crippen LogP contribution in [0.1, 0.15) is 13.3 Å². The second-order valence-corrected chi connectivity index (χ2v) is 8.61. The third-order valence-electron chi connectivity index (χ3n) is 3.77. The molecular weight excluding hydrogens is 358 g/mol. The monoisotopic (exact) mass is 378 g/mol. The Labute approximate surface area is 145 Å². The van der Waals surface area contributed by atoms with Crippen LogP contribution >= 0.6 is 11.8 Å². The SMILES string of the molecule is CCSCCC(=O)N1CCN(S(=O)(=O)c2cc(F)ccc2F)CC1. The van der Waals surface area contributed by atoms with Crippen LogP contribution in [0, 0.1) is 11.6 Å². The van der Waals surface area contributed by atoms with E-state index in [4.69, 9.17) is 0 Å². The molecule has 0 unspecified atom stereocenters. The fourth-order valence-corrected chi connectivity index (χ4v) is 4.56. The summed E-state index contributed by atoms with van der Waals surface area (Å²) < 4.78 is 53.0. The van der Waals surface area contributed by atoms with Gasteiger partial charge in [-0.25, -0.2) is 17.2 Å². The third-order valence-corrected chi connectivity index (χ3v) is 6.58. The van der Waals surface area contributed by atoms with Gasteiger partial charge >= 0.3 is 0 Å². The predicted molar refractivity (Wildman–Crippen MR) is 89.3 cm³/mol. The van der Waals surface area contributed by atoms with Gasteiger partial charge in [0.2, 0.25) is 15.9 Å². The molecule has 1 amide bonds. The highest BCUT2D eigenvalue weighted by Gasteiger charge is 2.32. The molecule has 5 nitrogen and oxygen atoms in total. The van der Waals surface area contributed by atoms with Crippen molar-refractivity contribution in [1.29, 1.82) is 0 Å². The van der Waals surface area contributed by atoms with E-state index in [-0.39, 0.29) is 32.1 Å². The molecular formula is C15H20F2N2O3S2. The highest BCUT2D eigenvalue weighted by atomic mass is 32.2. The number of amides is 1. The molecule has 1 aromatic rings. The normalized spacial score (nSPS) is 16.4. The van der Waals surface area contributed by atoms with Crippen LogP contribution in [0.5, 0.6) is 0 Å². The number of sulfonamides is 1. The number of thioether (sulfide) groups is 1. The maximum absolute atomic E-state index is 13.8. The van der Waals surface area contributed by atoms with E-state index in [1.165, 1.54) is 0 Å². The minimum Gasteiger partial charge on any atom is -0.340 e. The quantitative estimate of drug-likeness (QED) is 0.710. The first-order valence-corrected chi connectivity index (χ1v) is 10.3. The molecule has 0 aliphatic carbocycles. The van der Waals surface area contributed by atoms with Crippen LogP contribution in [0.25, 0.3) is 0 Å². The summed E-state index contributed by atoms with van der Waals surface area (Å²) in [6.45, 7) is 2.68. The summed E-state index contributed by atoms with van der Waals surface area (Å²) in [7, 11) is -4.11. The molecule has 0 radical (unpaired) electrons. The first-order chi connectivity index (χ1) is 11.4. The molecule has 1 aliphatic heterocycles. The van der Waals surface area contributed by atoms with Gasteiger partial charge in [-0.3, -0.25) is 4.79 Å². The highest BCUT2D eigenvalue weighted by Crippen LogP contribution is 2.22. The number of hydrogen-bond acceptors (Lipinski definition) is 4. The van der Waals surface area contributed by atoms with Gasteiger partial charge in [0.15, 0.2) is 0 Å². The Hall–Kier alpha value is -1.19. The zero-order valence-corrected chi connectivity index (χ0v) is 15.0. The van der Waals surface area contributed by atoms with E-state index in [1.54, 1.807) is 16.7 Å². The van der Waals surface area contributed by atoms with Crippen molar-refractivity contribution in [3.8, 4) is 0 Å². The lowest BCUT2D eigenvalue weighted by molar-refractivity contribution is -0.131. The van der Waals surface area contributed by atoms with Crippen LogP contribution in [0.4, 0.5) is 8.78 Å². The van der Waals surface area contributed by atoms with Crippen LogP contribution in [0.2, 0.25) is 0 Å². The number of carbonyl (C=O) groups excluding carboxylic acids is 1. The summed E-state index contributed by atoms with van der Waals surface area (Å²) >= 11 is 1.67. The zero-order chi connectivity index (χ0) is 17.7. The van der Waals surface area contributed by atoms with Gasteiger partial charge in [0, 0.05) is 38.4 Å². The number of piperazine rings is 1. The van der Waals surface area contributed by atoms with Gasteiger partial charge in [-0.1, -0.05) is 6.92 Å². The van der Waals surface area contributed by atoms with Gasteiger partial charge in [0.25, 0.3) is 0 Å². The summed E-state index contributed by atoms with van der Waals surface area (Å²) in [6.07, 6.45) is 0.420. The van der Waals surface area contributed by atoms with Gasteiger partial charge in [-0.05, 0) is 24.0 Å². The van der Waals surface area contributed by atoms with Crippen molar-refractivity contribution in [2.45, 2.75) is 18.2 Å². The Bertz CT molecular complexity index is 690. The second kappa shape index (κ2) is 8.26. The Morgan fingerprint density at radius 3 is 2.50 bits per heavy atom. The first kappa shape index (κ1) is 19.1. The van der Waals surface area contributed by atoms with Crippen molar-refractivity contribution in [3.05, 3.63) is 29.8 Å². The van der Waals surface area contributed by atoms with Gasteiger partial charge in [0.05, 0.1) is 0 Å². The minimum absolute atomic E-state index is 0.00932. The number of rotatable bonds is 6. The van der Waals surface area contributed by atoms with Crippen LogP contribution in [0.3, 0.4) is 0 Å². The van der Waals surface area contributed by atoms with Crippen LogP contribution in [0.15, 0.2) is 23.1 Å². The van der Waals surface area contributed by atoms with Crippen molar-refractivity contribution in [2.75, 3.05) is 37.7 Å². The van der Waals surface area contributed by atoms with Crippen molar-refractivity contribution in [2.24, 2.45) is 0 Å². The van der Waals surface area contributed by atoms with Gasteiger partial charge < -0.3 is 4.90 Å². The average Bonchev–Trinajstić information content (AvgIpc) is 2.57. The van der Waals surface area contributed by atoms with Gasteiger partial charge in [0.1, 0.15) is 16.5 Å². The summed E-state index contributed by atoms with van der Waals surface area (Å²) in [5.74, 6) is -0.116. The molecule has 0 N–H and O–H groups in total. The van der Waals surface area contributed by atoms with E-state index in [0.29, 0.717) is 12.5 Å². The third kappa shape index (κ3) is 4.46. The Kier molecular flexibility index (Phi) is 6.59. The van der Waals surface area contributed by atoms with Crippen LogP contribution < -0.4 is 0 Å². The number of nitrogens with zero attached hydrogens (tertiary/aromatic N) is 2. The molecule has 0 spiro atoms. The predicted octanol–water partition coefficient (Wildman–Crippen LogP) is 1.94. The summed E-state index contributed by atoms with van der Waals surface area (Å²) in [5.41, 5.74) is 0. The molecule has 0 saturated carbocycles. The molecule has 1 aromatic carbocycles. The van der Waals surface area contributed by atoms with Gasteiger partial charge in [-0.2, -0.15) is 16.1 Å². The fourth-order valence-electron chi connectivity index (χ4n) is 2.45. The first-order valence-electron chi connectivity index (χ1n) is 7.67. The lowest BCUT2D eigenvalue weighted by atomic mass is 10.3. The molecule has 0 atom stereocenters. The molecule has 134 valence electrons. The average molecular weight is 378 g/mol. The number of halogens is 2. The molecule has 1 heterocycles. The molecule has 9 heteroatoms. The Balaban J connectivity index is 2.01. The standard InChI is InChI=1S/C15H20F2N2O3S2/c1-2-23-10-5-15(20)18-6-8-19(9-7-18)24(21,22)14-11-12(16)3-4-13(14)17/h3-4,11H,2,5-10H2,1H3. The topological polar surface area (TPSA) is 57.7 Å². The zero-order valence-electron chi connectivity index (χ0n) is 13.4. The maximum Gasteiger partial charge on any atom is 0.246 e. The van der Waals surface area contributed by atoms with Crippen molar-refractivity contribution >= 4 is 27.7 Å². The van der Waals surface area contributed by atoms with E-state index < -0.39 is 26.6 Å². The molecule has 0 aromatic heterocycles. The number of benzene rings is 1. The lowest BCUT2D eigenvalue weighted by Crippen LogP contribution is -2.50. The van der Waals surface area contributed by atoms with E-state index in [2.05, 4.69) is 0 Å². The van der Waals surface area contributed by atoms with Crippen molar-refractivity contribution in [3.63, 3.8) is 0 Å². The Morgan fingerprint density at radius 1 is 1.21 bits per heavy atom. The number of carbonyl (C=O) groups is 1. The maximum atomic E-state index is 13.8. The van der Waals surface area contributed by atoms with E-state index in [0.717, 1.165) is 27.9 Å². The molecule has 2 rings (SSSR count). The highest BCUT2D eigenvalue weighted by molar-refractivity contribution is 7.99. The number of hydrogen-bond donors (Lipinski definition) is 0. The van der Waals surface area contributed by atoms with E-state index in [1.807, 2.05) is 6.92 Å². The smallest absolute Gasteiger partial charge is 0.246 e. The minimum atomic E-state index is -4.11. The van der Waals surface area contributed by atoms with E-state index in [9.17, 15) is 22.0 Å². The fraction of sp³-hybridized carbons (Fsp3) is 0.533. The molecule has 1 aliphatic rings. The van der Waals surface area contributed by atoms with Gasteiger partial charge in [-0.15, -0.1) is 0 Å². The lowest BCUT2D eigenvalue weighted by Gasteiger charge is -2.34. The largest absolute Gasteiger partial charge is 0.340 e. The molecule has 1 saturated heterocycles.